The molecule has 2 N–H and O–H groups in total. The first-order valence-electron chi connectivity index (χ1n) is 17.2. The van der Waals surface area contributed by atoms with Gasteiger partial charge in [-0.15, -0.1) is 0 Å². The summed E-state index contributed by atoms with van der Waals surface area (Å²) in [5.74, 6) is -0.370. The summed E-state index contributed by atoms with van der Waals surface area (Å²) >= 11 is 0. The van der Waals surface area contributed by atoms with Gasteiger partial charge in [0.25, 0.3) is 0 Å². The fraction of sp³-hybridized carbons (Fsp3) is 0.933. The topological polar surface area (TPSA) is 248 Å². The monoisotopic (exact) mass is 838 g/mol. The highest BCUT2D eigenvalue weighted by molar-refractivity contribution is 6.60. The Morgan fingerprint density at radius 2 is 1.28 bits per heavy atom. The van der Waals surface area contributed by atoms with Crippen LogP contribution < -0.4 is 0 Å². The van der Waals surface area contributed by atoms with Gasteiger partial charge in [-0.1, -0.05) is 6.42 Å². The van der Waals surface area contributed by atoms with Crippen LogP contribution >= 0.6 is 0 Å². The minimum Gasteiger partial charge on any atom is -0.466 e. The van der Waals surface area contributed by atoms with E-state index < -0.39 is 42.3 Å². The molecule has 0 aromatic heterocycles. The molecule has 53 heavy (non-hydrogen) atoms. The number of rotatable bonds is 25. The Morgan fingerprint density at radius 1 is 0.774 bits per heavy atom. The Bertz CT molecular complexity index is 889. The number of aliphatic hydroxyl groups excluding tert-OH is 2. The average molecular weight is 839 g/mol. The maximum absolute atomic E-state index is 11.4. The minimum absolute atomic E-state index is 0.0255. The summed E-state index contributed by atoms with van der Waals surface area (Å²) in [6.45, 7) is 3.45. The highest BCUT2D eigenvalue weighted by Gasteiger charge is 2.37. The van der Waals surface area contributed by atoms with E-state index >= 15 is 0 Å². The summed E-state index contributed by atoms with van der Waals surface area (Å²) in [6.07, 6.45) is 7.32. The van der Waals surface area contributed by atoms with Gasteiger partial charge < -0.3 is 60.5 Å². The van der Waals surface area contributed by atoms with Gasteiger partial charge in [-0.05, 0) is 44.9 Å². The highest BCUT2D eigenvalue weighted by atomic mass is 28.4. The molecule has 2 aliphatic heterocycles. The van der Waals surface area contributed by atoms with Crippen LogP contribution in [-0.4, -0.2) is 166 Å². The molecule has 0 saturated carbocycles. The van der Waals surface area contributed by atoms with Crippen LogP contribution in [0, 0.1) is 0 Å². The lowest BCUT2D eigenvalue weighted by Crippen LogP contribution is -2.42. The van der Waals surface area contributed by atoms with Crippen molar-refractivity contribution in [2.45, 2.75) is 88.5 Å². The molecule has 0 bridgehead atoms. The molecule has 2 fully saturated rings. The molecule has 0 aliphatic carbocycles. The number of carbonyl (C=O) groups excluding carboxylic acids is 2. The van der Waals surface area contributed by atoms with E-state index in [0.717, 1.165) is 44.8 Å². The smallest absolute Gasteiger partial charge is 0.466 e. The number of hydrogen-bond donors (Lipinski definition) is 2. The van der Waals surface area contributed by atoms with Crippen molar-refractivity contribution in [1.29, 1.82) is 0 Å². The molecule has 0 amide bonds. The van der Waals surface area contributed by atoms with E-state index in [1.54, 1.807) is 42.7 Å². The Morgan fingerprint density at radius 3 is 1.75 bits per heavy atom. The molecular weight excluding hydrogens is 777 g/mol. The van der Waals surface area contributed by atoms with E-state index in [4.69, 9.17) is 73.2 Å². The van der Waals surface area contributed by atoms with Crippen LogP contribution in [0.15, 0.2) is 0 Å². The standard InChI is InChI=1S/C15H32O8Si.C9H20O5Si.C6H10O2.2O2Si/c1-19-24(20-2,21-3)11-7-10-22-12-14(17)13-23-15(18)8-5-4-6-9-16;1-10-15(11-2,12-3)6-4-5-13-7-9-8-14-9;7-6-4-2-1-3-5-8-6;2*1-3-2/h14,16-17H,4-13H2,1-3H3;9H,4-8H2,1-3H3;1-5H2;;. The molecule has 23 heteroatoms. The normalized spacial score (nSPS) is 15.3. The van der Waals surface area contributed by atoms with Crippen LogP contribution in [0.25, 0.3) is 0 Å². The second-order valence-corrected chi connectivity index (χ2v) is 17.5. The highest BCUT2D eigenvalue weighted by Crippen LogP contribution is 2.16. The van der Waals surface area contributed by atoms with Crippen molar-refractivity contribution >= 4 is 48.1 Å². The second-order valence-electron chi connectivity index (χ2n) is 11.0. The molecule has 2 unspecified atom stereocenters. The molecule has 2 heterocycles. The van der Waals surface area contributed by atoms with E-state index in [2.05, 4.69) is 0 Å². The molecule has 0 spiro atoms. The lowest BCUT2D eigenvalue weighted by atomic mass is 10.2. The van der Waals surface area contributed by atoms with Gasteiger partial charge in [0.2, 0.25) is 0 Å². The Kier molecular flexibility index (Phi) is 42.4. The van der Waals surface area contributed by atoms with E-state index in [1.165, 1.54) is 0 Å². The molecule has 2 rings (SSSR count). The van der Waals surface area contributed by atoms with Gasteiger partial charge in [0, 0.05) is 87.4 Å². The maximum atomic E-state index is 11.4. The lowest BCUT2D eigenvalue weighted by molar-refractivity contribution is -0.148. The number of cyclic esters (lactones) is 1. The summed E-state index contributed by atoms with van der Waals surface area (Å²) in [7, 11) is 1.75. The molecule has 0 aromatic carbocycles. The Balaban J connectivity index is -0.000000723. The van der Waals surface area contributed by atoms with Gasteiger partial charge in [-0.25, -0.2) is 0 Å². The summed E-state index contributed by atoms with van der Waals surface area (Å²) < 4.78 is 90.9. The van der Waals surface area contributed by atoms with E-state index in [9.17, 15) is 14.7 Å². The summed E-state index contributed by atoms with van der Waals surface area (Å²) in [6, 6.07) is 1.40. The first-order valence-corrected chi connectivity index (χ1v) is 22.7. The van der Waals surface area contributed by atoms with Crippen molar-refractivity contribution in [3.63, 3.8) is 0 Å². The number of epoxide rings is 1. The van der Waals surface area contributed by atoms with Gasteiger partial charge in [0.05, 0.1) is 26.4 Å². The average Bonchev–Trinajstić information content (AvgIpc) is 4.02. The molecule has 312 valence electrons. The molecule has 2 atom stereocenters. The molecule has 2 saturated heterocycles. The van der Waals surface area contributed by atoms with Crippen LogP contribution in [0.4, 0.5) is 0 Å². The van der Waals surface area contributed by atoms with Crippen molar-refractivity contribution < 1.29 is 87.9 Å². The van der Waals surface area contributed by atoms with Crippen molar-refractivity contribution in [3.8, 4) is 0 Å². The Hall–Kier alpha value is -1.43. The van der Waals surface area contributed by atoms with Crippen LogP contribution in [0.5, 0.6) is 0 Å². The van der Waals surface area contributed by atoms with E-state index in [1.807, 2.05) is 0 Å². The van der Waals surface area contributed by atoms with Crippen LogP contribution in [0.3, 0.4) is 0 Å². The predicted molar refractivity (Wildman–Crippen MR) is 190 cm³/mol. The van der Waals surface area contributed by atoms with Gasteiger partial charge >= 0.3 is 48.1 Å². The number of unbranched alkanes of at least 4 members (excludes halogenated alkanes) is 2. The van der Waals surface area contributed by atoms with E-state index in [-0.39, 0.29) is 31.8 Å². The quantitative estimate of drug-likeness (QED) is 0.0569. The van der Waals surface area contributed by atoms with Gasteiger partial charge in [-0.2, -0.15) is 0 Å². The van der Waals surface area contributed by atoms with Crippen molar-refractivity contribution in [2.24, 2.45) is 0 Å². The zero-order chi connectivity index (χ0) is 40.6. The first-order chi connectivity index (χ1) is 25.5. The van der Waals surface area contributed by atoms with Crippen molar-refractivity contribution in [1.82, 2.24) is 0 Å². The molecule has 19 nitrogen and oxygen atoms in total. The number of aliphatic hydroxyl groups is 2. The van der Waals surface area contributed by atoms with Crippen molar-refractivity contribution in [2.75, 3.05) is 95.5 Å². The SMILES string of the molecule is CO[Si](CCCOCC(O)COC(=O)CCCCCO)(OC)OC.CO[Si](CCCOCC1CO1)(OC)OC.O=C1CCCCCO1.O=[Si]=O.O=[Si]=O. The summed E-state index contributed by atoms with van der Waals surface area (Å²) in [5, 5.41) is 18.3. The Labute approximate surface area is 319 Å². The van der Waals surface area contributed by atoms with Crippen LogP contribution in [0.2, 0.25) is 12.1 Å². The van der Waals surface area contributed by atoms with Gasteiger partial charge in [-0.3, -0.25) is 27.4 Å². The van der Waals surface area contributed by atoms with Gasteiger partial charge in [0.15, 0.2) is 0 Å². The number of ether oxygens (including phenoxy) is 5. The zero-order valence-corrected chi connectivity index (χ0v) is 36.1. The number of esters is 2. The molecule has 0 radical (unpaired) electrons. The van der Waals surface area contributed by atoms with Crippen molar-refractivity contribution in [3.05, 3.63) is 0 Å². The predicted octanol–water partition coefficient (Wildman–Crippen LogP) is 1.26. The fourth-order valence-electron chi connectivity index (χ4n) is 4.17. The molecule has 0 aromatic rings. The van der Waals surface area contributed by atoms with Gasteiger partial charge in [0.1, 0.15) is 18.8 Å². The third kappa shape index (κ3) is 36.0. The lowest BCUT2D eigenvalue weighted by Gasteiger charge is -2.24. The van der Waals surface area contributed by atoms with E-state index in [0.29, 0.717) is 70.7 Å². The maximum Gasteiger partial charge on any atom is 0.549 e. The van der Waals surface area contributed by atoms with Crippen LogP contribution in [0.1, 0.15) is 64.2 Å². The molecular formula is C30H62O19Si4. The number of carbonyl (C=O) groups is 2. The second kappa shape index (κ2) is 40.2. The number of hydrogen-bond acceptors (Lipinski definition) is 19. The summed E-state index contributed by atoms with van der Waals surface area (Å²) in [4.78, 5) is 21.9. The third-order valence-corrected chi connectivity index (χ3v) is 12.9. The fourth-order valence-corrected chi connectivity index (χ4v) is 7.55. The molecule has 2 aliphatic rings. The third-order valence-electron chi connectivity index (χ3n) is 7.19. The largest absolute Gasteiger partial charge is 0.549 e. The summed E-state index contributed by atoms with van der Waals surface area (Å²) in [5.41, 5.74) is 0. The van der Waals surface area contributed by atoms with Crippen LogP contribution in [-0.2, 0) is 77.7 Å². The first kappa shape index (κ1) is 55.9. The zero-order valence-electron chi connectivity index (χ0n) is 32.1. The minimum atomic E-state index is -2.57.